The van der Waals surface area contributed by atoms with Crippen LogP contribution in [0.5, 0.6) is 17.2 Å². The van der Waals surface area contributed by atoms with Gasteiger partial charge in [0, 0.05) is 18.0 Å². The Bertz CT molecular complexity index is 767. The Morgan fingerprint density at radius 3 is 2.15 bits per heavy atom. The van der Waals surface area contributed by atoms with E-state index in [0.717, 1.165) is 43.9 Å². The number of phenols is 1. The van der Waals surface area contributed by atoms with Crippen molar-refractivity contribution in [2.24, 2.45) is 0 Å². The molecule has 0 spiro atoms. The number of aryl methyl sites for hydroxylation is 1. The van der Waals surface area contributed by atoms with Gasteiger partial charge in [-0.15, -0.1) is 0 Å². The summed E-state index contributed by atoms with van der Waals surface area (Å²) in [5.74, 6) is 0.937. The van der Waals surface area contributed by atoms with Gasteiger partial charge in [0.2, 0.25) is 5.75 Å². The first-order chi connectivity index (χ1) is 12.6. The standard InChI is InChI=1S/C21H31NO4/c1-4-7-12-22-18-15-16(23)10-11-17(18)19(25-13-8-5-2)20(21(22)24)26-14-9-6-3/h10-11,15,23H,4-9,12-14H2,1-3H3. The van der Waals surface area contributed by atoms with Crippen LogP contribution in [0, 0.1) is 0 Å². The zero-order valence-corrected chi connectivity index (χ0v) is 16.2. The number of aromatic hydroxyl groups is 1. The van der Waals surface area contributed by atoms with Gasteiger partial charge in [0.15, 0.2) is 5.75 Å². The SMILES string of the molecule is CCCCOc1c(OCCCC)c2ccc(O)cc2n(CCCC)c1=O. The summed E-state index contributed by atoms with van der Waals surface area (Å²) in [7, 11) is 0. The Kier molecular flexibility index (Phi) is 7.82. The van der Waals surface area contributed by atoms with Gasteiger partial charge < -0.3 is 19.1 Å². The van der Waals surface area contributed by atoms with Crippen LogP contribution in [0.3, 0.4) is 0 Å². The number of pyridine rings is 1. The molecule has 0 atom stereocenters. The first kappa shape index (κ1) is 20.1. The number of nitrogens with zero attached hydrogens (tertiary/aromatic N) is 1. The van der Waals surface area contributed by atoms with Gasteiger partial charge >= 0.3 is 0 Å². The first-order valence-electron chi connectivity index (χ1n) is 9.79. The molecular formula is C21H31NO4. The fourth-order valence-electron chi connectivity index (χ4n) is 2.83. The average Bonchev–Trinajstić information content (AvgIpc) is 2.63. The van der Waals surface area contributed by atoms with Gasteiger partial charge in [-0.1, -0.05) is 40.0 Å². The molecule has 2 rings (SSSR count). The molecule has 5 heteroatoms. The molecule has 26 heavy (non-hydrogen) atoms. The third-order valence-corrected chi connectivity index (χ3v) is 4.39. The van der Waals surface area contributed by atoms with Crippen molar-refractivity contribution in [2.75, 3.05) is 13.2 Å². The molecule has 1 aromatic heterocycles. The molecule has 0 saturated heterocycles. The number of benzene rings is 1. The molecule has 0 aliphatic heterocycles. The van der Waals surface area contributed by atoms with E-state index in [9.17, 15) is 9.90 Å². The Morgan fingerprint density at radius 1 is 0.923 bits per heavy atom. The maximum absolute atomic E-state index is 13.1. The van der Waals surface area contributed by atoms with E-state index in [4.69, 9.17) is 9.47 Å². The Balaban J connectivity index is 2.61. The minimum Gasteiger partial charge on any atom is -0.508 e. The van der Waals surface area contributed by atoms with Gasteiger partial charge in [-0.3, -0.25) is 4.79 Å². The molecule has 0 saturated carbocycles. The summed E-state index contributed by atoms with van der Waals surface area (Å²) < 4.78 is 13.6. The summed E-state index contributed by atoms with van der Waals surface area (Å²) in [6, 6.07) is 5.06. The van der Waals surface area contributed by atoms with E-state index in [1.165, 1.54) is 0 Å². The quantitative estimate of drug-likeness (QED) is 0.580. The van der Waals surface area contributed by atoms with E-state index in [1.807, 2.05) is 0 Å². The van der Waals surface area contributed by atoms with Crippen molar-refractivity contribution >= 4 is 10.9 Å². The normalized spacial score (nSPS) is 11.0. The summed E-state index contributed by atoms with van der Waals surface area (Å²) in [5.41, 5.74) is 0.511. The maximum Gasteiger partial charge on any atom is 0.297 e. The Hall–Kier alpha value is -2.17. The molecule has 5 nitrogen and oxygen atoms in total. The van der Waals surface area contributed by atoms with E-state index in [-0.39, 0.29) is 11.3 Å². The fourth-order valence-corrected chi connectivity index (χ4v) is 2.83. The van der Waals surface area contributed by atoms with Crippen molar-refractivity contribution in [3.63, 3.8) is 0 Å². The number of hydrogen-bond donors (Lipinski definition) is 1. The lowest BCUT2D eigenvalue weighted by molar-refractivity contribution is 0.259. The number of phenolic OH excluding ortho intramolecular Hbond substituents is 1. The van der Waals surface area contributed by atoms with E-state index in [0.29, 0.717) is 36.8 Å². The summed E-state index contributed by atoms with van der Waals surface area (Å²) in [6.07, 6.45) is 5.67. The van der Waals surface area contributed by atoms with Gasteiger partial charge in [0.1, 0.15) is 5.75 Å². The van der Waals surface area contributed by atoms with Gasteiger partial charge in [0.25, 0.3) is 5.56 Å². The largest absolute Gasteiger partial charge is 0.508 e. The van der Waals surface area contributed by atoms with Gasteiger partial charge in [-0.05, 0) is 31.4 Å². The highest BCUT2D eigenvalue weighted by atomic mass is 16.5. The average molecular weight is 361 g/mol. The van der Waals surface area contributed by atoms with Gasteiger partial charge in [-0.2, -0.15) is 0 Å². The molecule has 0 unspecified atom stereocenters. The van der Waals surface area contributed by atoms with Crippen LogP contribution in [0.1, 0.15) is 59.3 Å². The van der Waals surface area contributed by atoms with Crippen LogP contribution in [0.4, 0.5) is 0 Å². The minimum absolute atomic E-state index is 0.140. The van der Waals surface area contributed by atoms with Crippen molar-refractivity contribution in [2.45, 2.75) is 65.8 Å². The van der Waals surface area contributed by atoms with Gasteiger partial charge in [-0.25, -0.2) is 0 Å². The predicted molar refractivity (Wildman–Crippen MR) is 106 cm³/mol. The summed E-state index contributed by atoms with van der Waals surface area (Å²) in [5, 5.41) is 10.7. The van der Waals surface area contributed by atoms with Crippen LogP contribution >= 0.6 is 0 Å². The second kappa shape index (κ2) is 10.1. The molecule has 1 heterocycles. The first-order valence-corrected chi connectivity index (χ1v) is 9.79. The second-order valence-corrected chi connectivity index (χ2v) is 6.57. The molecular weight excluding hydrogens is 330 g/mol. The van der Waals surface area contributed by atoms with Crippen molar-refractivity contribution in [3.05, 3.63) is 28.6 Å². The van der Waals surface area contributed by atoms with Crippen molar-refractivity contribution in [3.8, 4) is 17.2 Å². The molecule has 2 aromatic rings. The van der Waals surface area contributed by atoms with Crippen LogP contribution in [-0.2, 0) is 6.54 Å². The molecule has 144 valence electrons. The smallest absolute Gasteiger partial charge is 0.297 e. The summed E-state index contributed by atoms with van der Waals surface area (Å²) in [4.78, 5) is 13.1. The predicted octanol–water partition coefficient (Wildman–Crippen LogP) is 4.87. The number of rotatable bonds is 11. The highest BCUT2D eigenvalue weighted by Gasteiger charge is 2.20. The van der Waals surface area contributed by atoms with Crippen LogP contribution < -0.4 is 15.0 Å². The molecule has 0 aliphatic carbocycles. The lowest BCUT2D eigenvalue weighted by atomic mass is 10.1. The number of aromatic nitrogens is 1. The third kappa shape index (κ3) is 4.71. The zero-order chi connectivity index (χ0) is 18.9. The van der Waals surface area contributed by atoms with Crippen LogP contribution in [0.15, 0.2) is 23.0 Å². The molecule has 0 aliphatic rings. The molecule has 1 aromatic carbocycles. The van der Waals surface area contributed by atoms with E-state index >= 15 is 0 Å². The van der Waals surface area contributed by atoms with E-state index < -0.39 is 0 Å². The second-order valence-electron chi connectivity index (χ2n) is 6.57. The van der Waals surface area contributed by atoms with Gasteiger partial charge in [0.05, 0.1) is 18.7 Å². The number of fused-ring (bicyclic) bond motifs is 1. The van der Waals surface area contributed by atoms with Crippen LogP contribution in [0.25, 0.3) is 10.9 Å². The molecule has 0 bridgehead atoms. The topological polar surface area (TPSA) is 60.7 Å². The number of unbranched alkanes of at least 4 members (excludes halogenated alkanes) is 3. The minimum atomic E-state index is -0.181. The van der Waals surface area contributed by atoms with Crippen molar-refractivity contribution < 1.29 is 14.6 Å². The van der Waals surface area contributed by atoms with Crippen molar-refractivity contribution in [1.82, 2.24) is 4.57 Å². The molecule has 0 amide bonds. The maximum atomic E-state index is 13.1. The Labute approximate surface area is 155 Å². The third-order valence-electron chi connectivity index (χ3n) is 4.39. The molecule has 0 radical (unpaired) electrons. The monoisotopic (exact) mass is 361 g/mol. The van der Waals surface area contributed by atoms with Crippen LogP contribution in [0.2, 0.25) is 0 Å². The number of hydrogen-bond acceptors (Lipinski definition) is 4. The summed E-state index contributed by atoms with van der Waals surface area (Å²) >= 11 is 0. The highest BCUT2D eigenvalue weighted by molar-refractivity contribution is 5.89. The molecule has 1 N–H and O–H groups in total. The molecule has 0 fully saturated rings. The summed E-state index contributed by atoms with van der Waals surface area (Å²) in [6.45, 7) is 7.90. The van der Waals surface area contributed by atoms with E-state index in [2.05, 4.69) is 20.8 Å². The lowest BCUT2D eigenvalue weighted by Crippen LogP contribution is -2.24. The number of ether oxygens (including phenoxy) is 2. The lowest BCUT2D eigenvalue weighted by Gasteiger charge is -2.18. The highest BCUT2D eigenvalue weighted by Crippen LogP contribution is 2.35. The van der Waals surface area contributed by atoms with E-state index in [1.54, 1.807) is 22.8 Å². The fraction of sp³-hybridized carbons (Fsp3) is 0.571. The zero-order valence-electron chi connectivity index (χ0n) is 16.2. The van der Waals surface area contributed by atoms with Crippen LogP contribution in [-0.4, -0.2) is 22.9 Å². The van der Waals surface area contributed by atoms with Crippen molar-refractivity contribution in [1.29, 1.82) is 0 Å². The Morgan fingerprint density at radius 2 is 1.54 bits per heavy atom.